The maximum Gasteiger partial charge on any atom is 0.239 e. The van der Waals surface area contributed by atoms with Gasteiger partial charge in [-0.1, -0.05) is 41.9 Å². The number of likely N-dealkylation sites (N-methyl/N-ethyl adjacent to an activating group) is 1. The number of hydrogen-bond acceptors (Lipinski definition) is 2. The first-order valence-corrected chi connectivity index (χ1v) is 6.46. The Morgan fingerprint density at radius 1 is 1.35 bits per heavy atom. The van der Waals surface area contributed by atoms with Gasteiger partial charge in [-0.2, -0.15) is 0 Å². The van der Waals surface area contributed by atoms with Crippen molar-refractivity contribution >= 4 is 21.8 Å². The van der Waals surface area contributed by atoms with E-state index in [-0.39, 0.29) is 11.8 Å². The fourth-order valence-electron chi connectivity index (χ4n) is 1.48. The molecule has 0 bridgehead atoms. The van der Waals surface area contributed by atoms with Gasteiger partial charge in [0, 0.05) is 18.1 Å². The van der Waals surface area contributed by atoms with Crippen molar-refractivity contribution in [3.05, 3.63) is 34.3 Å². The van der Waals surface area contributed by atoms with E-state index in [2.05, 4.69) is 15.9 Å². The SMILES string of the molecule is CC(C)C(N)C(=O)N(C)Cc1ccc(Br)cc1. The second kappa shape index (κ2) is 6.17. The first kappa shape index (κ1) is 14.2. The molecule has 2 N–H and O–H groups in total. The average Bonchev–Trinajstić information content (AvgIpc) is 2.30. The molecule has 1 aromatic carbocycles. The molecule has 4 heteroatoms. The quantitative estimate of drug-likeness (QED) is 0.928. The minimum Gasteiger partial charge on any atom is -0.340 e. The van der Waals surface area contributed by atoms with Crippen LogP contribution in [0.3, 0.4) is 0 Å². The van der Waals surface area contributed by atoms with Crippen LogP contribution in [0.25, 0.3) is 0 Å². The summed E-state index contributed by atoms with van der Waals surface area (Å²) < 4.78 is 1.04. The summed E-state index contributed by atoms with van der Waals surface area (Å²) in [5.41, 5.74) is 6.94. The smallest absolute Gasteiger partial charge is 0.239 e. The molecule has 0 aliphatic carbocycles. The number of nitrogens with two attached hydrogens (primary N) is 1. The van der Waals surface area contributed by atoms with E-state index in [1.54, 1.807) is 11.9 Å². The van der Waals surface area contributed by atoms with E-state index in [4.69, 9.17) is 5.73 Å². The van der Waals surface area contributed by atoms with Gasteiger partial charge >= 0.3 is 0 Å². The first-order valence-electron chi connectivity index (χ1n) is 5.67. The Kier molecular flexibility index (Phi) is 5.15. The van der Waals surface area contributed by atoms with Crippen molar-refractivity contribution < 1.29 is 4.79 Å². The molecule has 0 radical (unpaired) electrons. The third-order valence-corrected chi connectivity index (χ3v) is 3.24. The summed E-state index contributed by atoms with van der Waals surface area (Å²) in [6.07, 6.45) is 0. The Morgan fingerprint density at radius 2 is 1.88 bits per heavy atom. The fraction of sp³-hybridized carbons (Fsp3) is 0.462. The van der Waals surface area contributed by atoms with Gasteiger partial charge in [0.15, 0.2) is 0 Å². The van der Waals surface area contributed by atoms with E-state index >= 15 is 0 Å². The van der Waals surface area contributed by atoms with Crippen LogP contribution < -0.4 is 5.73 Å². The van der Waals surface area contributed by atoms with Crippen LogP contribution >= 0.6 is 15.9 Å². The molecule has 0 heterocycles. The molecular formula is C13H19BrN2O. The second-order valence-electron chi connectivity index (χ2n) is 4.59. The molecule has 1 amide bonds. The Hall–Kier alpha value is -0.870. The van der Waals surface area contributed by atoms with Crippen LogP contribution in [0.15, 0.2) is 28.7 Å². The third-order valence-electron chi connectivity index (χ3n) is 2.71. The van der Waals surface area contributed by atoms with Crippen LogP contribution in [-0.4, -0.2) is 23.9 Å². The zero-order valence-electron chi connectivity index (χ0n) is 10.5. The number of halogens is 1. The van der Waals surface area contributed by atoms with Crippen molar-refractivity contribution in [2.24, 2.45) is 11.7 Å². The van der Waals surface area contributed by atoms with Crippen LogP contribution in [0.4, 0.5) is 0 Å². The van der Waals surface area contributed by atoms with Gasteiger partial charge < -0.3 is 10.6 Å². The molecule has 0 saturated heterocycles. The molecule has 0 saturated carbocycles. The highest BCUT2D eigenvalue weighted by Crippen LogP contribution is 2.12. The molecule has 3 nitrogen and oxygen atoms in total. The highest BCUT2D eigenvalue weighted by molar-refractivity contribution is 9.10. The number of hydrogen-bond donors (Lipinski definition) is 1. The molecule has 1 atom stereocenters. The molecule has 1 unspecified atom stereocenters. The standard InChI is InChI=1S/C13H19BrN2O/c1-9(2)12(15)13(17)16(3)8-10-4-6-11(14)7-5-10/h4-7,9,12H,8,15H2,1-3H3. The largest absolute Gasteiger partial charge is 0.340 e. The van der Waals surface area contributed by atoms with Crippen molar-refractivity contribution in [2.45, 2.75) is 26.4 Å². The Morgan fingerprint density at radius 3 is 2.35 bits per heavy atom. The van der Waals surface area contributed by atoms with Crippen molar-refractivity contribution in [3.63, 3.8) is 0 Å². The van der Waals surface area contributed by atoms with E-state index < -0.39 is 6.04 Å². The van der Waals surface area contributed by atoms with E-state index in [0.29, 0.717) is 6.54 Å². The monoisotopic (exact) mass is 298 g/mol. The van der Waals surface area contributed by atoms with E-state index in [1.807, 2.05) is 38.1 Å². The first-order chi connectivity index (χ1) is 7.91. The molecule has 0 aliphatic heterocycles. The predicted molar refractivity (Wildman–Crippen MR) is 73.4 cm³/mol. The van der Waals surface area contributed by atoms with E-state index in [0.717, 1.165) is 10.0 Å². The second-order valence-corrected chi connectivity index (χ2v) is 5.51. The lowest BCUT2D eigenvalue weighted by Gasteiger charge is -2.23. The number of carbonyl (C=O) groups excluding carboxylic acids is 1. The molecular weight excluding hydrogens is 280 g/mol. The van der Waals surface area contributed by atoms with Crippen LogP contribution in [0.1, 0.15) is 19.4 Å². The van der Waals surface area contributed by atoms with Gasteiger partial charge in [0.25, 0.3) is 0 Å². The summed E-state index contributed by atoms with van der Waals surface area (Å²) in [6, 6.07) is 7.51. The normalized spacial score (nSPS) is 12.6. The van der Waals surface area contributed by atoms with Crippen molar-refractivity contribution in [3.8, 4) is 0 Å². The lowest BCUT2D eigenvalue weighted by Crippen LogP contribution is -2.44. The van der Waals surface area contributed by atoms with Gasteiger partial charge in [0.05, 0.1) is 6.04 Å². The number of nitrogens with zero attached hydrogens (tertiary/aromatic N) is 1. The molecule has 1 aromatic rings. The number of benzene rings is 1. The van der Waals surface area contributed by atoms with Crippen molar-refractivity contribution in [1.29, 1.82) is 0 Å². The number of rotatable bonds is 4. The molecule has 0 fully saturated rings. The topological polar surface area (TPSA) is 46.3 Å². The van der Waals surface area contributed by atoms with Crippen LogP contribution in [-0.2, 0) is 11.3 Å². The highest BCUT2D eigenvalue weighted by Gasteiger charge is 2.20. The van der Waals surface area contributed by atoms with E-state index in [1.165, 1.54) is 0 Å². The summed E-state index contributed by atoms with van der Waals surface area (Å²) in [5, 5.41) is 0. The van der Waals surface area contributed by atoms with Gasteiger partial charge in [0.1, 0.15) is 0 Å². The van der Waals surface area contributed by atoms with E-state index in [9.17, 15) is 4.79 Å². The van der Waals surface area contributed by atoms with Gasteiger partial charge in [-0.3, -0.25) is 4.79 Å². The summed E-state index contributed by atoms with van der Waals surface area (Å²) in [6.45, 7) is 4.50. The van der Waals surface area contributed by atoms with Crippen LogP contribution in [0.2, 0.25) is 0 Å². The molecule has 17 heavy (non-hydrogen) atoms. The van der Waals surface area contributed by atoms with Gasteiger partial charge in [-0.05, 0) is 23.6 Å². The minimum absolute atomic E-state index is 0.0112. The van der Waals surface area contributed by atoms with Crippen LogP contribution in [0.5, 0.6) is 0 Å². The number of carbonyl (C=O) groups is 1. The lowest BCUT2D eigenvalue weighted by atomic mass is 10.0. The maximum atomic E-state index is 11.9. The molecule has 1 rings (SSSR count). The summed E-state index contributed by atoms with van der Waals surface area (Å²) >= 11 is 3.38. The highest BCUT2D eigenvalue weighted by atomic mass is 79.9. The zero-order valence-corrected chi connectivity index (χ0v) is 12.1. The van der Waals surface area contributed by atoms with Gasteiger partial charge in [-0.25, -0.2) is 0 Å². The Bertz CT molecular complexity index is 376. The van der Waals surface area contributed by atoms with Gasteiger partial charge in [-0.15, -0.1) is 0 Å². The third kappa shape index (κ3) is 4.13. The summed E-state index contributed by atoms with van der Waals surface area (Å²) in [4.78, 5) is 13.6. The summed E-state index contributed by atoms with van der Waals surface area (Å²) in [7, 11) is 1.78. The molecule has 0 aliphatic rings. The predicted octanol–water partition coefficient (Wildman–Crippen LogP) is 2.39. The molecule has 0 aromatic heterocycles. The van der Waals surface area contributed by atoms with Crippen LogP contribution in [0, 0.1) is 5.92 Å². The lowest BCUT2D eigenvalue weighted by molar-refractivity contribution is -0.132. The van der Waals surface area contributed by atoms with Crippen molar-refractivity contribution in [1.82, 2.24) is 4.90 Å². The molecule has 0 spiro atoms. The number of amides is 1. The molecule has 94 valence electrons. The fourth-order valence-corrected chi connectivity index (χ4v) is 1.75. The minimum atomic E-state index is -0.421. The van der Waals surface area contributed by atoms with Crippen molar-refractivity contribution in [2.75, 3.05) is 7.05 Å². The zero-order chi connectivity index (χ0) is 13.0. The average molecular weight is 299 g/mol. The summed E-state index contributed by atoms with van der Waals surface area (Å²) in [5.74, 6) is 0.151. The Labute approximate surface area is 111 Å². The maximum absolute atomic E-state index is 11.9. The van der Waals surface area contributed by atoms with Gasteiger partial charge in [0.2, 0.25) is 5.91 Å². The Balaban J connectivity index is 2.63.